The molecule has 116 valence electrons. The van der Waals surface area contributed by atoms with Crippen molar-refractivity contribution in [3.05, 3.63) is 29.0 Å². The monoisotopic (exact) mass is 303 g/mol. The van der Waals surface area contributed by atoms with Gasteiger partial charge < -0.3 is 4.90 Å². The Bertz CT molecular complexity index is 701. The first kappa shape index (κ1) is 14.4. The molecule has 1 aliphatic heterocycles. The van der Waals surface area contributed by atoms with Crippen molar-refractivity contribution in [3.63, 3.8) is 0 Å². The molecule has 0 aromatic carbocycles. The summed E-state index contributed by atoms with van der Waals surface area (Å²) in [7, 11) is 0. The van der Waals surface area contributed by atoms with Crippen molar-refractivity contribution in [2.45, 2.75) is 26.3 Å². The molecular formula is C14H17N5O3. The quantitative estimate of drug-likeness (QED) is 0.822. The number of aromatic nitrogens is 4. The van der Waals surface area contributed by atoms with Gasteiger partial charge in [0.2, 0.25) is 11.7 Å². The topological polar surface area (TPSA) is 94.1 Å². The summed E-state index contributed by atoms with van der Waals surface area (Å²) in [6.07, 6.45) is 5.05. The van der Waals surface area contributed by atoms with Gasteiger partial charge in [-0.15, -0.1) is 0 Å². The Hall–Kier alpha value is -2.51. The molecule has 0 spiro atoms. The first-order valence-corrected chi connectivity index (χ1v) is 7.27. The maximum Gasteiger partial charge on any atom is 0.442 e. The van der Waals surface area contributed by atoms with Crippen LogP contribution < -0.4 is 5.76 Å². The minimum atomic E-state index is -0.679. The molecular weight excluding hydrogens is 286 g/mol. The van der Waals surface area contributed by atoms with E-state index in [1.54, 1.807) is 23.4 Å². The van der Waals surface area contributed by atoms with Crippen LogP contribution >= 0.6 is 0 Å². The van der Waals surface area contributed by atoms with Crippen LogP contribution in [-0.2, 0) is 11.3 Å². The van der Waals surface area contributed by atoms with Crippen LogP contribution in [-0.4, -0.2) is 43.6 Å². The Balaban J connectivity index is 1.79. The molecule has 0 atom stereocenters. The second kappa shape index (κ2) is 6.08. The second-order valence-electron chi connectivity index (χ2n) is 5.49. The number of carbonyl (C=O) groups is 1. The van der Waals surface area contributed by atoms with Crippen molar-refractivity contribution < 1.29 is 9.32 Å². The maximum atomic E-state index is 12.4. The highest BCUT2D eigenvalue weighted by Crippen LogP contribution is 2.17. The molecule has 3 rings (SSSR count). The van der Waals surface area contributed by atoms with E-state index in [0.717, 1.165) is 25.9 Å². The molecule has 3 heterocycles. The minimum absolute atomic E-state index is 0.107. The minimum Gasteiger partial charge on any atom is -0.341 e. The summed E-state index contributed by atoms with van der Waals surface area (Å²) < 4.78 is 5.84. The van der Waals surface area contributed by atoms with E-state index in [0.29, 0.717) is 5.92 Å². The molecule has 0 unspecified atom stereocenters. The lowest BCUT2D eigenvalue weighted by Gasteiger charge is -2.30. The van der Waals surface area contributed by atoms with Crippen LogP contribution in [0, 0.1) is 5.92 Å². The van der Waals surface area contributed by atoms with Crippen LogP contribution in [0.5, 0.6) is 0 Å². The van der Waals surface area contributed by atoms with E-state index >= 15 is 0 Å². The average molecular weight is 303 g/mol. The zero-order valence-corrected chi connectivity index (χ0v) is 12.3. The van der Waals surface area contributed by atoms with Crippen molar-refractivity contribution >= 4 is 5.91 Å². The van der Waals surface area contributed by atoms with Gasteiger partial charge in [0.05, 0.1) is 0 Å². The SMILES string of the molecule is CC1CCN(C(=O)Cn2c(-c3ncccn3)noc2=O)CC1. The smallest absolute Gasteiger partial charge is 0.341 e. The Labute approximate surface area is 126 Å². The summed E-state index contributed by atoms with van der Waals surface area (Å²) >= 11 is 0. The highest BCUT2D eigenvalue weighted by Gasteiger charge is 2.23. The van der Waals surface area contributed by atoms with Gasteiger partial charge in [0.15, 0.2) is 5.82 Å². The Morgan fingerprint density at radius 2 is 2.00 bits per heavy atom. The van der Waals surface area contributed by atoms with E-state index in [4.69, 9.17) is 0 Å². The first-order valence-electron chi connectivity index (χ1n) is 7.27. The number of nitrogens with zero attached hydrogens (tertiary/aromatic N) is 5. The molecule has 1 amide bonds. The largest absolute Gasteiger partial charge is 0.442 e. The third-order valence-corrected chi connectivity index (χ3v) is 3.88. The van der Waals surface area contributed by atoms with Crippen LogP contribution in [0.2, 0.25) is 0 Å². The molecule has 22 heavy (non-hydrogen) atoms. The van der Waals surface area contributed by atoms with E-state index in [1.165, 1.54) is 4.57 Å². The van der Waals surface area contributed by atoms with E-state index in [1.807, 2.05) is 0 Å². The molecule has 0 radical (unpaired) electrons. The Morgan fingerprint density at radius 3 is 2.68 bits per heavy atom. The summed E-state index contributed by atoms with van der Waals surface area (Å²) in [6, 6.07) is 1.66. The number of amides is 1. The van der Waals surface area contributed by atoms with Gasteiger partial charge in [-0.3, -0.25) is 9.32 Å². The number of likely N-dealkylation sites (tertiary alicyclic amines) is 1. The molecule has 0 bridgehead atoms. The average Bonchev–Trinajstić information content (AvgIpc) is 2.90. The van der Waals surface area contributed by atoms with Crippen LogP contribution in [0.15, 0.2) is 27.8 Å². The fourth-order valence-electron chi connectivity index (χ4n) is 2.48. The van der Waals surface area contributed by atoms with Crippen molar-refractivity contribution in [2.75, 3.05) is 13.1 Å². The van der Waals surface area contributed by atoms with Gasteiger partial charge in [0.25, 0.3) is 0 Å². The zero-order chi connectivity index (χ0) is 15.5. The van der Waals surface area contributed by atoms with Gasteiger partial charge in [-0.25, -0.2) is 19.3 Å². The number of hydrogen-bond donors (Lipinski definition) is 0. The maximum absolute atomic E-state index is 12.4. The van der Waals surface area contributed by atoms with Crippen molar-refractivity contribution in [3.8, 4) is 11.6 Å². The lowest BCUT2D eigenvalue weighted by Crippen LogP contribution is -2.40. The molecule has 1 saturated heterocycles. The molecule has 2 aromatic heterocycles. The molecule has 2 aromatic rings. The lowest BCUT2D eigenvalue weighted by molar-refractivity contribution is -0.133. The third kappa shape index (κ3) is 2.90. The molecule has 0 saturated carbocycles. The van der Waals surface area contributed by atoms with Crippen molar-refractivity contribution in [2.24, 2.45) is 5.92 Å². The molecule has 0 N–H and O–H groups in total. The predicted octanol–water partition coefficient (Wildman–Crippen LogP) is 0.552. The molecule has 0 aliphatic carbocycles. The number of rotatable bonds is 3. The van der Waals surface area contributed by atoms with Gasteiger partial charge in [0, 0.05) is 25.5 Å². The predicted molar refractivity (Wildman–Crippen MR) is 76.8 cm³/mol. The summed E-state index contributed by atoms with van der Waals surface area (Å²) in [5, 5.41) is 3.68. The van der Waals surface area contributed by atoms with Crippen molar-refractivity contribution in [1.82, 2.24) is 24.6 Å². The number of piperidine rings is 1. The third-order valence-electron chi connectivity index (χ3n) is 3.88. The normalized spacial score (nSPS) is 16.0. The zero-order valence-electron chi connectivity index (χ0n) is 12.3. The number of carbonyl (C=O) groups excluding carboxylic acids is 1. The molecule has 1 aliphatic rings. The van der Waals surface area contributed by atoms with Crippen LogP contribution in [0.3, 0.4) is 0 Å². The Kier molecular flexibility index (Phi) is 3.99. The summed E-state index contributed by atoms with van der Waals surface area (Å²) in [5.41, 5.74) is 0. The van der Waals surface area contributed by atoms with Crippen LogP contribution in [0.4, 0.5) is 0 Å². The second-order valence-corrected chi connectivity index (χ2v) is 5.49. The highest BCUT2D eigenvalue weighted by atomic mass is 16.5. The van der Waals surface area contributed by atoms with Gasteiger partial charge in [-0.05, 0) is 24.8 Å². The number of hydrogen-bond acceptors (Lipinski definition) is 6. The molecule has 8 heteroatoms. The highest BCUT2D eigenvalue weighted by molar-refractivity contribution is 5.76. The summed E-state index contributed by atoms with van der Waals surface area (Å²) in [5.74, 6) is 0.268. The lowest BCUT2D eigenvalue weighted by atomic mass is 9.99. The standard InChI is InChI=1S/C14H17N5O3/c1-10-3-7-18(8-4-10)11(20)9-19-13(17-22-14(19)21)12-15-5-2-6-16-12/h2,5-6,10H,3-4,7-9H2,1H3. The van der Waals surface area contributed by atoms with Gasteiger partial charge in [-0.1, -0.05) is 12.1 Å². The summed E-state index contributed by atoms with van der Waals surface area (Å²) in [6.45, 7) is 3.51. The molecule has 8 nitrogen and oxygen atoms in total. The summed E-state index contributed by atoms with van der Waals surface area (Å²) in [4.78, 5) is 34.0. The fraction of sp³-hybridized carbons (Fsp3) is 0.500. The van der Waals surface area contributed by atoms with E-state index in [2.05, 4.69) is 26.6 Å². The van der Waals surface area contributed by atoms with Gasteiger partial charge in [0.1, 0.15) is 6.54 Å². The van der Waals surface area contributed by atoms with E-state index in [9.17, 15) is 9.59 Å². The van der Waals surface area contributed by atoms with Crippen LogP contribution in [0.25, 0.3) is 11.6 Å². The Morgan fingerprint density at radius 1 is 1.32 bits per heavy atom. The fourth-order valence-corrected chi connectivity index (χ4v) is 2.48. The van der Waals surface area contributed by atoms with E-state index in [-0.39, 0.29) is 24.1 Å². The van der Waals surface area contributed by atoms with Crippen LogP contribution in [0.1, 0.15) is 19.8 Å². The van der Waals surface area contributed by atoms with Gasteiger partial charge >= 0.3 is 5.76 Å². The first-order chi connectivity index (χ1) is 10.6. The van der Waals surface area contributed by atoms with Gasteiger partial charge in [-0.2, -0.15) is 0 Å². The van der Waals surface area contributed by atoms with Crippen molar-refractivity contribution in [1.29, 1.82) is 0 Å². The molecule has 1 fully saturated rings. The van der Waals surface area contributed by atoms with E-state index < -0.39 is 5.76 Å².